The molecule has 1 aliphatic heterocycles. The van der Waals surface area contributed by atoms with E-state index in [1.807, 2.05) is 0 Å². The van der Waals surface area contributed by atoms with Gasteiger partial charge in [-0.2, -0.15) is 0 Å². The first-order valence-electron chi connectivity index (χ1n) is 4.07. The quantitative estimate of drug-likeness (QED) is 0.464. The van der Waals surface area contributed by atoms with Crippen molar-refractivity contribution in [1.29, 1.82) is 0 Å². The Hall–Kier alpha value is -1.14. The van der Waals surface area contributed by atoms with Gasteiger partial charge in [-0.1, -0.05) is 0 Å². The van der Waals surface area contributed by atoms with Crippen molar-refractivity contribution >= 4 is 11.8 Å². The topological polar surface area (TPSA) is 101 Å². The third-order valence-corrected chi connectivity index (χ3v) is 2.07. The van der Waals surface area contributed by atoms with Gasteiger partial charge >= 0.3 is 0 Å². The highest BCUT2D eigenvalue weighted by atomic mass is 16.2. The average molecular weight is 186 g/mol. The molecule has 74 valence electrons. The smallest absolute Gasteiger partial charge is 0.238 e. The normalized spacial score (nSPS) is 25.7. The van der Waals surface area contributed by atoms with E-state index in [-0.39, 0.29) is 11.8 Å². The van der Waals surface area contributed by atoms with Crippen molar-refractivity contribution in [3.05, 3.63) is 0 Å². The summed E-state index contributed by atoms with van der Waals surface area (Å²) < 4.78 is 0. The fourth-order valence-corrected chi connectivity index (χ4v) is 1.34. The Bertz CT molecular complexity index is 231. The molecule has 1 aliphatic rings. The molecule has 1 rings (SSSR count). The van der Waals surface area contributed by atoms with Crippen LogP contribution >= 0.6 is 0 Å². The van der Waals surface area contributed by atoms with Crippen LogP contribution in [0.1, 0.15) is 6.42 Å². The monoisotopic (exact) mass is 186 g/mol. The molecule has 0 aromatic carbocycles. The zero-order valence-electron chi connectivity index (χ0n) is 7.49. The molecule has 0 aliphatic carbocycles. The van der Waals surface area contributed by atoms with Gasteiger partial charge in [-0.15, -0.1) is 0 Å². The molecule has 0 saturated carbocycles. The fourth-order valence-electron chi connectivity index (χ4n) is 1.34. The predicted molar refractivity (Wildman–Crippen MR) is 46.0 cm³/mol. The lowest BCUT2D eigenvalue weighted by Crippen LogP contribution is -2.39. The van der Waals surface area contributed by atoms with Gasteiger partial charge in [0.25, 0.3) is 0 Å². The summed E-state index contributed by atoms with van der Waals surface area (Å²) in [7, 11) is 1.76. The number of hydrazine groups is 1. The van der Waals surface area contributed by atoms with Crippen molar-refractivity contribution in [3.8, 4) is 0 Å². The second kappa shape index (κ2) is 3.71. The second-order valence-electron chi connectivity index (χ2n) is 3.30. The Morgan fingerprint density at radius 2 is 2.46 bits per heavy atom. The molecule has 6 heteroatoms. The van der Waals surface area contributed by atoms with E-state index in [9.17, 15) is 9.59 Å². The number of hydrogen-bond acceptors (Lipinski definition) is 4. The molecular weight excluding hydrogens is 172 g/mol. The minimum absolute atomic E-state index is 0.0980. The number of rotatable bonds is 3. The first-order valence-corrected chi connectivity index (χ1v) is 4.07. The lowest BCUT2D eigenvalue weighted by atomic mass is 10.0. The molecule has 0 aromatic heterocycles. The van der Waals surface area contributed by atoms with Crippen LogP contribution in [-0.2, 0) is 9.59 Å². The Morgan fingerprint density at radius 1 is 1.85 bits per heavy atom. The van der Waals surface area contributed by atoms with E-state index < -0.39 is 11.9 Å². The molecular formula is C7H14N4O2. The van der Waals surface area contributed by atoms with Crippen LogP contribution in [0.3, 0.4) is 0 Å². The number of nitrogens with zero attached hydrogens (tertiary/aromatic N) is 1. The molecule has 1 fully saturated rings. The van der Waals surface area contributed by atoms with Crippen LogP contribution < -0.4 is 16.9 Å². The van der Waals surface area contributed by atoms with E-state index in [2.05, 4.69) is 5.43 Å². The standard InChI is InChI=1S/C7H14N4O2/c1-11-3-4(7(13)10-11)2-5(8)6(9)12/h4-5H,2-3,8H2,1H3,(H2,9,12)(H,10,13)/t4-,5+/m1/s1. The largest absolute Gasteiger partial charge is 0.368 e. The van der Waals surface area contributed by atoms with Gasteiger partial charge in [0.05, 0.1) is 12.0 Å². The van der Waals surface area contributed by atoms with Gasteiger partial charge in [0.15, 0.2) is 0 Å². The van der Waals surface area contributed by atoms with E-state index in [0.29, 0.717) is 13.0 Å². The summed E-state index contributed by atoms with van der Waals surface area (Å²) in [6, 6.07) is -0.734. The number of primary amides is 1. The molecule has 0 radical (unpaired) electrons. The summed E-state index contributed by atoms with van der Waals surface area (Å²) in [5, 5.41) is 1.67. The predicted octanol–water partition coefficient (Wildman–Crippen LogP) is -2.22. The minimum atomic E-state index is -0.734. The van der Waals surface area contributed by atoms with Crippen molar-refractivity contribution < 1.29 is 9.59 Å². The molecule has 0 aromatic rings. The summed E-state index contributed by atoms with van der Waals surface area (Å²) >= 11 is 0. The van der Waals surface area contributed by atoms with Crippen LogP contribution in [0.2, 0.25) is 0 Å². The van der Waals surface area contributed by atoms with Crippen LogP contribution in [0.15, 0.2) is 0 Å². The fraction of sp³-hybridized carbons (Fsp3) is 0.714. The maximum absolute atomic E-state index is 11.2. The maximum Gasteiger partial charge on any atom is 0.238 e. The molecule has 0 spiro atoms. The van der Waals surface area contributed by atoms with Gasteiger partial charge in [-0.05, 0) is 6.42 Å². The van der Waals surface area contributed by atoms with Crippen molar-refractivity contribution in [2.24, 2.45) is 17.4 Å². The number of nitrogens with one attached hydrogen (secondary N) is 1. The van der Waals surface area contributed by atoms with Gasteiger partial charge < -0.3 is 11.5 Å². The first kappa shape index (κ1) is 9.94. The first-order chi connectivity index (χ1) is 6.00. The SMILES string of the molecule is CN1C[C@@H](C[C@H](N)C(N)=O)C(=O)N1. The molecule has 13 heavy (non-hydrogen) atoms. The lowest BCUT2D eigenvalue weighted by molar-refractivity contribution is -0.124. The third kappa shape index (κ3) is 2.40. The highest BCUT2D eigenvalue weighted by Crippen LogP contribution is 2.12. The van der Waals surface area contributed by atoms with Gasteiger partial charge in [0, 0.05) is 13.6 Å². The molecule has 1 heterocycles. The van der Waals surface area contributed by atoms with E-state index in [1.54, 1.807) is 12.1 Å². The number of hydrogen-bond donors (Lipinski definition) is 3. The van der Waals surface area contributed by atoms with Crippen LogP contribution in [0.4, 0.5) is 0 Å². The Morgan fingerprint density at radius 3 is 2.85 bits per heavy atom. The molecule has 1 saturated heterocycles. The van der Waals surface area contributed by atoms with Crippen LogP contribution in [0.5, 0.6) is 0 Å². The van der Waals surface area contributed by atoms with Crippen molar-refractivity contribution in [1.82, 2.24) is 10.4 Å². The van der Waals surface area contributed by atoms with Gasteiger partial charge in [0.2, 0.25) is 11.8 Å². The van der Waals surface area contributed by atoms with E-state index >= 15 is 0 Å². The lowest BCUT2D eigenvalue weighted by Gasteiger charge is -2.10. The summed E-state index contributed by atoms with van der Waals surface area (Å²) in [6.45, 7) is 0.569. The molecule has 6 nitrogen and oxygen atoms in total. The highest BCUT2D eigenvalue weighted by Gasteiger charge is 2.30. The maximum atomic E-state index is 11.2. The van der Waals surface area contributed by atoms with Crippen molar-refractivity contribution in [3.63, 3.8) is 0 Å². The Labute approximate surface area is 76.2 Å². The van der Waals surface area contributed by atoms with Crippen LogP contribution in [0, 0.1) is 5.92 Å². The summed E-state index contributed by atoms with van der Waals surface area (Å²) in [4.78, 5) is 21.8. The number of carbonyl (C=O) groups excluding carboxylic acids is 2. The Kier molecular flexibility index (Phi) is 2.84. The van der Waals surface area contributed by atoms with E-state index in [4.69, 9.17) is 11.5 Å². The number of amides is 2. The Balaban J connectivity index is 2.46. The van der Waals surface area contributed by atoms with Gasteiger partial charge in [0.1, 0.15) is 0 Å². The molecule has 0 bridgehead atoms. The molecule has 2 amide bonds. The third-order valence-electron chi connectivity index (χ3n) is 2.07. The number of nitrogens with two attached hydrogens (primary N) is 2. The van der Waals surface area contributed by atoms with Crippen molar-refractivity contribution in [2.45, 2.75) is 12.5 Å². The summed E-state index contributed by atoms with van der Waals surface area (Å²) in [5.41, 5.74) is 13.0. The van der Waals surface area contributed by atoms with E-state index in [1.165, 1.54) is 0 Å². The summed E-state index contributed by atoms with van der Waals surface area (Å²) in [6.07, 6.45) is 0.311. The highest BCUT2D eigenvalue weighted by molar-refractivity contribution is 5.83. The molecule has 2 atom stereocenters. The second-order valence-corrected chi connectivity index (χ2v) is 3.30. The molecule has 0 unspecified atom stereocenters. The number of carbonyl (C=O) groups is 2. The zero-order valence-corrected chi connectivity index (χ0v) is 7.49. The van der Waals surface area contributed by atoms with E-state index in [0.717, 1.165) is 0 Å². The van der Waals surface area contributed by atoms with Gasteiger partial charge in [-0.3, -0.25) is 15.0 Å². The van der Waals surface area contributed by atoms with Gasteiger partial charge in [-0.25, -0.2) is 5.01 Å². The zero-order chi connectivity index (χ0) is 10.0. The van der Waals surface area contributed by atoms with Crippen LogP contribution in [0.25, 0.3) is 0 Å². The molecule has 5 N–H and O–H groups in total. The van der Waals surface area contributed by atoms with Crippen molar-refractivity contribution in [2.75, 3.05) is 13.6 Å². The minimum Gasteiger partial charge on any atom is -0.368 e. The van der Waals surface area contributed by atoms with Crippen LogP contribution in [-0.4, -0.2) is 36.5 Å². The average Bonchev–Trinajstić information content (AvgIpc) is 2.30. The summed E-state index contributed by atoms with van der Waals surface area (Å²) in [5.74, 6) is -0.894.